The number of azo groups is 1. The SMILES string of the molecule is C/N=N/C(CCCC(C#N)(c1cc(OC)c(OC)c(OC)c1)C(C)C)CCc1ccc(OC)c(OC)c1. The Morgan fingerprint density at radius 3 is 1.95 bits per heavy atom. The van der Waals surface area contributed by atoms with E-state index >= 15 is 0 Å². The fourth-order valence-corrected chi connectivity index (χ4v) is 4.76. The maximum Gasteiger partial charge on any atom is 0.203 e. The highest BCUT2D eigenvalue weighted by molar-refractivity contribution is 5.56. The molecule has 0 fully saturated rings. The van der Waals surface area contributed by atoms with Crippen molar-refractivity contribution in [2.24, 2.45) is 16.1 Å². The Balaban J connectivity index is 2.21. The van der Waals surface area contributed by atoms with Crippen LogP contribution in [-0.4, -0.2) is 48.6 Å². The van der Waals surface area contributed by atoms with Crippen LogP contribution in [0.1, 0.15) is 50.7 Å². The van der Waals surface area contributed by atoms with Crippen molar-refractivity contribution in [2.45, 2.75) is 57.4 Å². The van der Waals surface area contributed by atoms with Gasteiger partial charge in [-0.25, -0.2) is 0 Å². The molecule has 0 N–H and O–H groups in total. The number of benzene rings is 2. The minimum absolute atomic E-state index is 0.0570. The molecule has 0 heterocycles. The molecule has 2 unspecified atom stereocenters. The monoisotopic (exact) mass is 511 g/mol. The van der Waals surface area contributed by atoms with Gasteiger partial charge in [0.2, 0.25) is 5.75 Å². The molecule has 2 aromatic rings. The molecule has 37 heavy (non-hydrogen) atoms. The topological polar surface area (TPSA) is 94.7 Å². The largest absolute Gasteiger partial charge is 0.493 e. The van der Waals surface area contributed by atoms with E-state index in [1.807, 2.05) is 30.3 Å². The predicted octanol–water partition coefficient (Wildman–Crippen LogP) is 6.40. The fraction of sp³-hybridized carbons (Fsp3) is 0.552. The first-order valence-corrected chi connectivity index (χ1v) is 12.6. The van der Waals surface area contributed by atoms with Gasteiger partial charge in [0.1, 0.15) is 0 Å². The smallest absolute Gasteiger partial charge is 0.203 e. The van der Waals surface area contributed by atoms with Gasteiger partial charge in [-0.1, -0.05) is 19.9 Å². The number of ether oxygens (including phenoxy) is 5. The summed E-state index contributed by atoms with van der Waals surface area (Å²) in [6.45, 7) is 4.15. The predicted molar refractivity (Wildman–Crippen MR) is 145 cm³/mol. The van der Waals surface area contributed by atoms with Crippen LogP contribution in [-0.2, 0) is 11.8 Å². The molecule has 8 nitrogen and oxygen atoms in total. The van der Waals surface area contributed by atoms with Crippen LogP contribution >= 0.6 is 0 Å². The second-order valence-corrected chi connectivity index (χ2v) is 9.24. The molecule has 0 bridgehead atoms. The molecule has 0 aromatic heterocycles. The van der Waals surface area contributed by atoms with Crippen molar-refractivity contribution in [1.29, 1.82) is 5.26 Å². The van der Waals surface area contributed by atoms with Gasteiger partial charge in [-0.3, -0.25) is 0 Å². The Bertz CT molecular complexity index is 1050. The van der Waals surface area contributed by atoms with Crippen LogP contribution in [0.3, 0.4) is 0 Å². The molecule has 0 amide bonds. The standard InChI is InChI=1S/C29H41N3O5/c1-20(2)29(19-30,22-17-26(35-6)28(37-8)27(18-22)36-7)15-9-10-23(32-31-3)13-11-21-12-14-24(33-4)25(16-21)34-5/h12,14,16-18,20,23H,9-11,13,15H2,1-8H3/b32-31+. The van der Waals surface area contributed by atoms with Crippen molar-refractivity contribution in [2.75, 3.05) is 42.6 Å². The Kier molecular flexibility index (Phi) is 11.5. The molecular weight excluding hydrogens is 470 g/mol. The zero-order valence-corrected chi connectivity index (χ0v) is 23.5. The maximum absolute atomic E-state index is 10.4. The van der Waals surface area contributed by atoms with Crippen LogP contribution in [0.15, 0.2) is 40.6 Å². The maximum atomic E-state index is 10.4. The Labute approximate surface area is 221 Å². The molecule has 2 rings (SSSR count). The lowest BCUT2D eigenvalue weighted by Gasteiger charge is -2.32. The van der Waals surface area contributed by atoms with Crippen LogP contribution in [0.25, 0.3) is 0 Å². The number of methoxy groups -OCH3 is 5. The zero-order valence-electron chi connectivity index (χ0n) is 23.5. The van der Waals surface area contributed by atoms with Crippen molar-refractivity contribution in [1.82, 2.24) is 0 Å². The third-order valence-corrected chi connectivity index (χ3v) is 6.97. The first-order chi connectivity index (χ1) is 17.8. The molecule has 0 radical (unpaired) electrons. The van der Waals surface area contributed by atoms with Gasteiger partial charge in [0, 0.05) is 7.05 Å². The first kappa shape index (κ1) is 29.8. The summed E-state index contributed by atoms with van der Waals surface area (Å²) in [6, 6.07) is 12.4. The number of rotatable bonds is 15. The summed E-state index contributed by atoms with van der Waals surface area (Å²) in [5.74, 6) is 3.11. The number of nitriles is 1. The van der Waals surface area contributed by atoms with Gasteiger partial charge >= 0.3 is 0 Å². The first-order valence-electron chi connectivity index (χ1n) is 12.6. The van der Waals surface area contributed by atoms with Gasteiger partial charge in [-0.15, -0.1) is 0 Å². The molecule has 0 aliphatic heterocycles. The minimum atomic E-state index is -0.718. The highest BCUT2D eigenvalue weighted by Crippen LogP contribution is 2.45. The number of hydrogen-bond donors (Lipinski definition) is 0. The van der Waals surface area contributed by atoms with Gasteiger partial charge in [0.25, 0.3) is 0 Å². The van der Waals surface area contributed by atoms with Crippen LogP contribution < -0.4 is 23.7 Å². The van der Waals surface area contributed by atoms with Crippen molar-refractivity contribution < 1.29 is 23.7 Å². The number of aryl methyl sites for hydroxylation is 1. The lowest BCUT2D eigenvalue weighted by Crippen LogP contribution is -2.31. The van der Waals surface area contributed by atoms with E-state index in [2.05, 4.69) is 30.1 Å². The fourth-order valence-electron chi connectivity index (χ4n) is 4.76. The highest BCUT2D eigenvalue weighted by atomic mass is 16.5. The molecule has 202 valence electrons. The van der Waals surface area contributed by atoms with Gasteiger partial charge in [0.05, 0.1) is 53.1 Å². The van der Waals surface area contributed by atoms with E-state index in [0.717, 1.165) is 42.6 Å². The molecule has 0 saturated heterocycles. The molecule has 0 aliphatic carbocycles. The number of hydrogen-bond acceptors (Lipinski definition) is 8. The second kappa shape index (κ2) is 14.3. The van der Waals surface area contributed by atoms with E-state index in [4.69, 9.17) is 23.7 Å². The lowest BCUT2D eigenvalue weighted by atomic mass is 9.69. The van der Waals surface area contributed by atoms with E-state index in [-0.39, 0.29) is 12.0 Å². The summed E-state index contributed by atoms with van der Waals surface area (Å²) in [7, 11) is 9.72. The Morgan fingerprint density at radius 2 is 1.46 bits per heavy atom. The molecular formula is C29H41N3O5. The van der Waals surface area contributed by atoms with Crippen LogP contribution in [0.5, 0.6) is 28.7 Å². The van der Waals surface area contributed by atoms with E-state index in [1.165, 1.54) is 0 Å². The minimum Gasteiger partial charge on any atom is -0.493 e. The van der Waals surface area contributed by atoms with Gasteiger partial charge in [-0.05, 0) is 73.4 Å². The summed E-state index contributed by atoms with van der Waals surface area (Å²) in [4.78, 5) is 0. The summed E-state index contributed by atoms with van der Waals surface area (Å²) in [6.07, 6.45) is 4.00. The molecule has 0 spiro atoms. The highest BCUT2D eigenvalue weighted by Gasteiger charge is 2.37. The van der Waals surface area contributed by atoms with E-state index in [1.54, 1.807) is 42.6 Å². The van der Waals surface area contributed by atoms with Gasteiger partial charge < -0.3 is 23.7 Å². The number of nitrogens with zero attached hydrogens (tertiary/aromatic N) is 3. The molecule has 8 heteroatoms. The van der Waals surface area contributed by atoms with Crippen molar-refractivity contribution in [3.05, 3.63) is 41.5 Å². The second-order valence-electron chi connectivity index (χ2n) is 9.24. The van der Waals surface area contributed by atoms with Crippen molar-refractivity contribution >= 4 is 0 Å². The third-order valence-electron chi connectivity index (χ3n) is 6.97. The quantitative estimate of drug-likeness (QED) is 0.257. The summed E-state index contributed by atoms with van der Waals surface area (Å²) in [5.41, 5.74) is 1.29. The summed E-state index contributed by atoms with van der Waals surface area (Å²) < 4.78 is 27.4. The van der Waals surface area contributed by atoms with Crippen LogP contribution in [0, 0.1) is 17.2 Å². The van der Waals surface area contributed by atoms with E-state index in [9.17, 15) is 5.26 Å². The molecule has 2 atom stereocenters. The Morgan fingerprint density at radius 1 is 0.838 bits per heavy atom. The molecule has 0 saturated carbocycles. The van der Waals surface area contributed by atoms with Gasteiger partial charge in [-0.2, -0.15) is 15.5 Å². The van der Waals surface area contributed by atoms with Crippen LogP contribution in [0.4, 0.5) is 0 Å². The summed E-state index contributed by atoms with van der Waals surface area (Å²) in [5, 5.41) is 19.0. The van der Waals surface area contributed by atoms with E-state index < -0.39 is 5.41 Å². The van der Waals surface area contributed by atoms with Crippen molar-refractivity contribution in [3.8, 4) is 34.8 Å². The lowest BCUT2D eigenvalue weighted by molar-refractivity contribution is 0.315. The Hall–Kier alpha value is -3.47. The third kappa shape index (κ3) is 7.06. The summed E-state index contributed by atoms with van der Waals surface area (Å²) >= 11 is 0. The molecule has 2 aromatic carbocycles. The zero-order chi connectivity index (χ0) is 27.4. The van der Waals surface area contributed by atoms with Gasteiger partial charge in [0.15, 0.2) is 23.0 Å². The average Bonchev–Trinajstić information content (AvgIpc) is 2.92. The van der Waals surface area contributed by atoms with E-state index in [0.29, 0.717) is 29.4 Å². The molecule has 0 aliphatic rings. The van der Waals surface area contributed by atoms with Crippen molar-refractivity contribution in [3.63, 3.8) is 0 Å². The normalized spacial score (nSPS) is 13.6. The van der Waals surface area contributed by atoms with Crippen LogP contribution in [0.2, 0.25) is 0 Å². The average molecular weight is 512 g/mol.